The Morgan fingerprint density at radius 2 is 2.13 bits per heavy atom. The van der Waals surface area contributed by atoms with Gasteiger partial charge in [0.05, 0.1) is 11.1 Å². The summed E-state index contributed by atoms with van der Waals surface area (Å²) in [7, 11) is 0. The maximum atomic E-state index is 13.1. The average Bonchev–Trinajstić information content (AvgIpc) is 2.95. The summed E-state index contributed by atoms with van der Waals surface area (Å²) in [5, 5.41) is 12.5. The van der Waals surface area contributed by atoms with Crippen LogP contribution in [-0.4, -0.2) is 40.2 Å². The topological polar surface area (TPSA) is 65.5 Å². The number of rotatable bonds is 2. The third kappa shape index (κ3) is 3.01. The molecule has 2 aromatic rings. The second-order valence-corrected chi connectivity index (χ2v) is 5.42. The van der Waals surface area contributed by atoms with Gasteiger partial charge in [-0.3, -0.25) is 4.98 Å². The molecular formula is C15H14F3N3O2. The lowest BCUT2D eigenvalue weighted by atomic mass is 10.1. The summed E-state index contributed by atoms with van der Waals surface area (Å²) < 4.78 is 39.2. The fraction of sp³-hybridized carbons (Fsp3) is 0.333. The maximum Gasteiger partial charge on any atom is 0.418 e. The number of pyridine rings is 1. The lowest BCUT2D eigenvalue weighted by Crippen LogP contribution is -2.30. The predicted molar refractivity (Wildman–Crippen MR) is 78.4 cm³/mol. The normalized spacial score (nSPS) is 18.4. The van der Waals surface area contributed by atoms with Crippen LogP contribution in [0, 0.1) is 0 Å². The fourth-order valence-corrected chi connectivity index (χ4v) is 2.80. The number of benzene rings is 1. The Balaban J connectivity index is 1.92. The number of likely N-dealkylation sites (tertiary alicyclic amines) is 1. The van der Waals surface area contributed by atoms with Crippen LogP contribution in [0.4, 0.5) is 23.7 Å². The van der Waals surface area contributed by atoms with E-state index in [2.05, 4.69) is 10.3 Å². The van der Waals surface area contributed by atoms with Gasteiger partial charge in [-0.1, -0.05) is 12.1 Å². The Kier molecular flexibility index (Phi) is 3.75. The van der Waals surface area contributed by atoms with Crippen LogP contribution in [0.25, 0.3) is 10.9 Å². The zero-order valence-corrected chi connectivity index (χ0v) is 12.0. The molecule has 5 nitrogen and oxygen atoms in total. The lowest BCUT2D eigenvalue weighted by molar-refractivity contribution is -0.136. The van der Waals surface area contributed by atoms with E-state index in [0.717, 1.165) is 6.07 Å². The summed E-state index contributed by atoms with van der Waals surface area (Å²) in [5.74, 6) is 0. The van der Waals surface area contributed by atoms with Crippen molar-refractivity contribution >= 4 is 22.7 Å². The monoisotopic (exact) mass is 325 g/mol. The molecule has 1 fully saturated rings. The second kappa shape index (κ2) is 5.60. The quantitative estimate of drug-likeness (QED) is 0.888. The number of halogens is 3. The van der Waals surface area contributed by atoms with Gasteiger partial charge in [0.1, 0.15) is 0 Å². The van der Waals surface area contributed by atoms with Crippen LogP contribution in [0.1, 0.15) is 12.0 Å². The number of alkyl halides is 3. The van der Waals surface area contributed by atoms with Crippen molar-refractivity contribution in [1.82, 2.24) is 9.88 Å². The third-order valence-electron chi connectivity index (χ3n) is 3.89. The zero-order valence-electron chi connectivity index (χ0n) is 12.0. The molecule has 1 atom stereocenters. The van der Waals surface area contributed by atoms with E-state index in [-0.39, 0.29) is 11.6 Å². The number of carbonyl (C=O) groups is 1. The first-order valence-corrected chi connectivity index (χ1v) is 7.05. The third-order valence-corrected chi connectivity index (χ3v) is 3.89. The van der Waals surface area contributed by atoms with Gasteiger partial charge in [-0.25, -0.2) is 4.79 Å². The highest BCUT2D eigenvalue weighted by molar-refractivity contribution is 5.93. The van der Waals surface area contributed by atoms with E-state index in [1.807, 2.05) is 0 Å². The van der Waals surface area contributed by atoms with E-state index in [1.165, 1.54) is 17.2 Å². The molecule has 3 rings (SSSR count). The average molecular weight is 325 g/mol. The van der Waals surface area contributed by atoms with Crippen LogP contribution in [0.2, 0.25) is 0 Å². The summed E-state index contributed by atoms with van der Waals surface area (Å²) in [6.07, 6.45) is -3.54. The van der Waals surface area contributed by atoms with Gasteiger partial charge in [0.25, 0.3) is 0 Å². The molecule has 0 unspecified atom stereocenters. The highest BCUT2D eigenvalue weighted by Crippen LogP contribution is 2.36. The molecule has 8 heteroatoms. The first-order valence-electron chi connectivity index (χ1n) is 7.05. The smallest absolute Gasteiger partial charge is 0.418 e. The number of hydrogen-bond acceptors (Lipinski definition) is 3. The van der Waals surface area contributed by atoms with Crippen LogP contribution >= 0.6 is 0 Å². The molecule has 0 bridgehead atoms. The SMILES string of the molecule is O=C(O)N1CC[C@@H](Nc2ccnc3c(C(F)(F)F)cccc23)C1. The summed E-state index contributed by atoms with van der Waals surface area (Å²) in [5.41, 5.74) is -0.367. The number of fused-ring (bicyclic) bond motifs is 1. The Morgan fingerprint density at radius 3 is 2.78 bits per heavy atom. The molecule has 1 saturated heterocycles. The summed E-state index contributed by atoms with van der Waals surface area (Å²) in [6, 6.07) is 5.39. The van der Waals surface area contributed by atoms with Crippen LogP contribution < -0.4 is 5.32 Å². The minimum absolute atomic E-state index is 0.113. The molecule has 2 heterocycles. The predicted octanol–water partition coefficient (Wildman–Crippen LogP) is 3.42. The molecule has 2 N–H and O–H groups in total. The number of amides is 1. The minimum Gasteiger partial charge on any atom is -0.465 e. The summed E-state index contributed by atoms with van der Waals surface area (Å²) in [4.78, 5) is 16.1. The maximum absolute atomic E-state index is 13.1. The Morgan fingerprint density at radius 1 is 1.35 bits per heavy atom. The van der Waals surface area contributed by atoms with Crippen LogP contribution in [0.5, 0.6) is 0 Å². The molecule has 0 spiro atoms. The highest BCUT2D eigenvalue weighted by atomic mass is 19.4. The van der Waals surface area contributed by atoms with Gasteiger partial charge in [0.15, 0.2) is 0 Å². The molecule has 0 saturated carbocycles. The zero-order chi connectivity index (χ0) is 16.6. The molecular weight excluding hydrogens is 311 g/mol. The Labute approximate surface area is 129 Å². The molecule has 122 valence electrons. The van der Waals surface area contributed by atoms with Crippen molar-refractivity contribution in [3.8, 4) is 0 Å². The van der Waals surface area contributed by atoms with Gasteiger partial charge in [0, 0.05) is 36.4 Å². The number of aromatic nitrogens is 1. The number of nitrogens with one attached hydrogen (secondary N) is 1. The van der Waals surface area contributed by atoms with Crippen molar-refractivity contribution in [3.63, 3.8) is 0 Å². The lowest BCUT2D eigenvalue weighted by Gasteiger charge is -2.17. The van der Waals surface area contributed by atoms with Gasteiger partial charge < -0.3 is 15.3 Å². The van der Waals surface area contributed by atoms with Crippen molar-refractivity contribution < 1.29 is 23.1 Å². The van der Waals surface area contributed by atoms with Crippen LogP contribution in [0.15, 0.2) is 30.5 Å². The van der Waals surface area contributed by atoms with Crippen molar-refractivity contribution in [2.45, 2.75) is 18.6 Å². The van der Waals surface area contributed by atoms with Crippen molar-refractivity contribution in [1.29, 1.82) is 0 Å². The van der Waals surface area contributed by atoms with Gasteiger partial charge in [0.2, 0.25) is 0 Å². The number of nitrogens with zero attached hydrogens (tertiary/aromatic N) is 2. The van der Waals surface area contributed by atoms with Gasteiger partial charge in [-0.2, -0.15) is 13.2 Å². The second-order valence-electron chi connectivity index (χ2n) is 5.42. The van der Waals surface area contributed by atoms with E-state index in [0.29, 0.717) is 30.6 Å². The van der Waals surface area contributed by atoms with E-state index >= 15 is 0 Å². The van der Waals surface area contributed by atoms with Crippen LogP contribution in [0.3, 0.4) is 0 Å². The molecule has 23 heavy (non-hydrogen) atoms. The summed E-state index contributed by atoms with van der Waals surface area (Å²) >= 11 is 0. The Hall–Kier alpha value is -2.51. The first kappa shape index (κ1) is 15.4. The first-order chi connectivity index (χ1) is 10.9. The number of carboxylic acid groups (broad SMARTS) is 1. The standard InChI is InChI=1S/C15H14F3N3O2/c16-15(17,18)11-3-1-2-10-12(4-6-19-13(10)11)20-9-5-7-21(8-9)14(22)23/h1-4,6,9H,5,7-8H2,(H,19,20)(H,22,23)/t9-/m1/s1. The van der Waals surface area contributed by atoms with Gasteiger partial charge >= 0.3 is 12.3 Å². The molecule has 1 aromatic heterocycles. The molecule has 1 amide bonds. The molecule has 1 aliphatic heterocycles. The molecule has 0 radical (unpaired) electrons. The van der Waals surface area contributed by atoms with Crippen molar-refractivity contribution in [2.24, 2.45) is 0 Å². The van der Waals surface area contributed by atoms with Crippen LogP contribution in [-0.2, 0) is 6.18 Å². The number of para-hydroxylation sites is 1. The van der Waals surface area contributed by atoms with Gasteiger partial charge in [-0.05, 0) is 18.6 Å². The van der Waals surface area contributed by atoms with E-state index in [1.54, 1.807) is 12.1 Å². The summed E-state index contributed by atoms with van der Waals surface area (Å²) in [6.45, 7) is 0.710. The highest BCUT2D eigenvalue weighted by Gasteiger charge is 2.33. The largest absolute Gasteiger partial charge is 0.465 e. The van der Waals surface area contributed by atoms with E-state index in [4.69, 9.17) is 5.11 Å². The van der Waals surface area contributed by atoms with Gasteiger partial charge in [-0.15, -0.1) is 0 Å². The minimum atomic E-state index is -4.47. The number of hydrogen-bond donors (Lipinski definition) is 2. The number of anilines is 1. The van der Waals surface area contributed by atoms with E-state index < -0.39 is 17.8 Å². The fourth-order valence-electron chi connectivity index (χ4n) is 2.80. The molecule has 1 aliphatic rings. The molecule has 1 aromatic carbocycles. The van der Waals surface area contributed by atoms with E-state index in [9.17, 15) is 18.0 Å². The molecule has 0 aliphatic carbocycles. The van der Waals surface area contributed by atoms with Crippen molar-refractivity contribution in [2.75, 3.05) is 18.4 Å². The van der Waals surface area contributed by atoms with Crippen molar-refractivity contribution in [3.05, 3.63) is 36.0 Å². The Bertz CT molecular complexity index is 748.